The second kappa shape index (κ2) is 6.32. The Bertz CT molecular complexity index is 1080. The molecule has 1 aromatic heterocycles. The number of hydrogen-bond donors (Lipinski definition) is 1. The third-order valence-corrected chi connectivity index (χ3v) is 7.33. The van der Waals surface area contributed by atoms with Crippen LogP contribution in [0, 0.1) is 18.5 Å². The summed E-state index contributed by atoms with van der Waals surface area (Å²) in [6.07, 6.45) is 0. The zero-order valence-electron chi connectivity index (χ0n) is 16.8. The molecule has 2 nitrogen and oxygen atoms in total. The predicted octanol–water partition coefficient (Wildman–Crippen LogP) is 7.34. The highest BCUT2D eigenvalue weighted by Crippen LogP contribution is 2.48. The lowest BCUT2D eigenvalue weighted by atomic mass is 9.87. The first kappa shape index (κ1) is 18.5. The number of nitrogens with zero attached hydrogens (tertiary/aromatic N) is 1. The van der Waals surface area contributed by atoms with Gasteiger partial charge < -0.3 is 5.32 Å². The maximum Gasteiger partial charge on any atom is 0.129 e. The molecule has 140 valence electrons. The van der Waals surface area contributed by atoms with Gasteiger partial charge in [0.15, 0.2) is 0 Å². The topological polar surface area (TPSA) is 17.0 Å². The van der Waals surface area contributed by atoms with Gasteiger partial charge >= 0.3 is 0 Å². The van der Waals surface area contributed by atoms with Crippen molar-refractivity contribution in [3.05, 3.63) is 62.6 Å². The van der Waals surface area contributed by atoms with Crippen LogP contribution in [0.2, 0.25) is 0 Å². The minimum Gasteiger partial charge on any atom is -0.374 e. The average Bonchev–Trinajstić information content (AvgIpc) is 2.95. The molecular weight excluding hydrogens is 368 g/mol. The van der Waals surface area contributed by atoms with Gasteiger partial charge in [-0.15, -0.1) is 0 Å². The molecule has 3 aromatic rings. The highest BCUT2D eigenvalue weighted by atomic mass is 32.1. The summed E-state index contributed by atoms with van der Waals surface area (Å²) in [5.41, 5.74) is 8.56. The van der Waals surface area contributed by atoms with Gasteiger partial charge in [-0.3, -0.25) is 3.96 Å². The molecule has 0 radical (unpaired) electrons. The van der Waals surface area contributed by atoms with Gasteiger partial charge in [0.1, 0.15) is 4.64 Å². The van der Waals surface area contributed by atoms with Gasteiger partial charge in [-0.05, 0) is 62.9 Å². The van der Waals surface area contributed by atoms with Crippen molar-refractivity contribution in [2.75, 3.05) is 5.32 Å². The molecule has 2 aromatic carbocycles. The normalized spacial score (nSPS) is 14.6. The van der Waals surface area contributed by atoms with E-state index in [-0.39, 0.29) is 5.54 Å². The Balaban J connectivity index is 1.95. The van der Waals surface area contributed by atoms with Gasteiger partial charge in [0.05, 0.1) is 16.1 Å². The van der Waals surface area contributed by atoms with Crippen LogP contribution in [0.25, 0.3) is 16.8 Å². The fourth-order valence-electron chi connectivity index (χ4n) is 3.91. The minimum atomic E-state index is -0.149. The van der Waals surface area contributed by atoms with E-state index >= 15 is 0 Å². The second-order valence-corrected chi connectivity index (χ2v) is 9.74. The van der Waals surface area contributed by atoms with E-state index < -0.39 is 0 Å². The summed E-state index contributed by atoms with van der Waals surface area (Å²) in [6.45, 7) is 13.3. The third-order valence-electron chi connectivity index (χ3n) is 5.36. The maximum atomic E-state index is 5.99. The molecule has 0 bridgehead atoms. The lowest BCUT2D eigenvalue weighted by Crippen LogP contribution is -2.31. The molecule has 1 aliphatic heterocycles. The zero-order valence-corrected chi connectivity index (χ0v) is 18.4. The fourth-order valence-corrected chi connectivity index (χ4v) is 5.56. The van der Waals surface area contributed by atoms with Gasteiger partial charge in [-0.25, -0.2) is 0 Å². The van der Waals surface area contributed by atoms with Crippen LogP contribution in [0.3, 0.4) is 0 Å². The molecule has 0 aliphatic carbocycles. The Labute approximate surface area is 171 Å². The number of rotatable bonds is 2. The van der Waals surface area contributed by atoms with Crippen LogP contribution in [-0.4, -0.2) is 3.96 Å². The van der Waals surface area contributed by atoms with Gasteiger partial charge in [0, 0.05) is 16.8 Å². The summed E-state index contributed by atoms with van der Waals surface area (Å²) in [5, 5.41) is 3.75. The summed E-state index contributed by atoms with van der Waals surface area (Å²) in [5.74, 6) is 0.532. The first-order valence-electron chi connectivity index (χ1n) is 9.46. The van der Waals surface area contributed by atoms with E-state index in [1.54, 1.807) is 11.5 Å². The van der Waals surface area contributed by atoms with Gasteiger partial charge in [-0.2, -0.15) is 0 Å². The van der Waals surface area contributed by atoms with Crippen molar-refractivity contribution >= 4 is 29.4 Å². The first-order valence-corrected chi connectivity index (χ1v) is 10.6. The molecule has 0 amide bonds. The third kappa shape index (κ3) is 2.95. The number of fused-ring (bicyclic) bond motifs is 3. The van der Waals surface area contributed by atoms with Crippen molar-refractivity contribution in [1.29, 1.82) is 0 Å². The molecular formula is C23H26N2S2. The van der Waals surface area contributed by atoms with Crippen LogP contribution in [-0.2, 0) is 5.54 Å². The lowest BCUT2D eigenvalue weighted by molar-refractivity contribution is 0.619. The molecule has 2 heterocycles. The molecule has 0 saturated carbocycles. The van der Waals surface area contributed by atoms with Crippen LogP contribution < -0.4 is 5.32 Å². The van der Waals surface area contributed by atoms with Crippen molar-refractivity contribution < 1.29 is 0 Å². The van der Waals surface area contributed by atoms with E-state index in [2.05, 4.69) is 87.2 Å². The summed E-state index contributed by atoms with van der Waals surface area (Å²) in [4.78, 5) is 1.30. The lowest BCUT2D eigenvalue weighted by Gasteiger charge is -2.34. The summed E-state index contributed by atoms with van der Waals surface area (Å²) < 4.78 is 3.12. The van der Waals surface area contributed by atoms with E-state index in [0.717, 1.165) is 10.3 Å². The largest absolute Gasteiger partial charge is 0.374 e. The Morgan fingerprint density at radius 1 is 1.07 bits per heavy atom. The summed E-state index contributed by atoms with van der Waals surface area (Å²) >= 11 is 7.75. The molecule has 0 atom stereocenters. The molecule has 0 fully saturated rings. The molecule has 0 spiro atoms. The van der Waals surface area contributed by atoms with E-state index in [1.807, 2.05) is 0 Å². The zero-order chi connectivity index (χ0) is 19.5. The highest BCUT2D eigenvalue weighted by Gasteiger charge is 2.35. The average molecular weight is 395 g/mol. The van der Waals surface area contributed by atoms with E-state index in [9.17, 15) is 0 Å². The number of aryl methyl sites for hydroxylation is 2. The Morgan fingerprint density at radius 3 is 2.37 bits per heavy atom. The van der Waals surface area contributed by atoms with Crippen LogP contribution in [0.4, 0.5) is 5.69 Å². The van der Waals surface area contributed by atoms with Crippen molar-refractivity contribution in [3.63, 3.8) is 0 Å². The van der Waals surface area contributed by atoms with Crippen molar-refractivity contribution in [2.45, 2.75) is 53.0 Å². The molecule has 1 N–H and O–H groups in total. The second-order valence-electron chi connectivity index (χ2n) is 8.40. The molecule has 0 saturated heterocycles. The number of nitrogens with one attached hydrogen (secondary N) is 1. The van der Waals surface area contributed by atoms with Crippen molar-refractivity contribution in [3.8, 4) is 16.8 Å². The maximum absolute atomic E-state index is 5.99. The van der Waals surface area contributed by atoms with Crippen LogP contribution in [0.5, 0.6) is 0 Å². The standard InChI is InChI=1S/C23H26N2S2/c1-13(2)16-7-9-17(10-8-16)25-22(26)19-18-12-14(3)11-15(4)20(18)24-23(5,6)21(19)27-25/h7-13,24H,1-6H3. The predicted molar refractivity (Wildman–Crippen MR) is 120 cm³/mol. The van der Waals surface area contributed by atoms with Gasteiger partial charge in [0.2, 0.25) is 0 Å². The molecule has 4 heteroatoms. The van der Waals surface area contributed by atoms with Gasteiger partial charge in [-0.1, -0.05) is 61.4 Å². The smallest absolute Gasteiger partial charge is 0.129 e. The Morgan fingerprint density at radius 2 is 1.74 bits per heavy atom. The highest BCUT2D eigenvalue weighted by molar-refractivity contribution is 7.71. The van der Waals surface area contributed by atoms with Crippen LogP contribution in [0.15, 0.2) is 36.4 Å². The quantitative estimate of drug-likeness (QED) is 0.458. The number of hydrogen-bond acceptors (Lipinski definition) is 3. The summed E-state index contributed by atoms with van der Waals surface area (Å²) in [6, 6.07) is 13.3. The summed E-state index contributed by atoms with van der Waals surface area (Å²) in [7, 11) is 0. The van der Waals surface area contributed by atoms with E-state index in [4.69, 9.17) is 12.2 Å². The molecule has 0 unspecified atom stereocenters. The minimum absolute atomic E-state index is 0.149. The molecule has 27 heavy (non-hydrogen) atoms. The van der Waals surface area contributed by atoms with E-state index in [1.165, 1.54) is 38.4 Å². The van der Waals surface area contributed by atoms with Crippen LogP contribution in [0.1, 0.15) is 55.2 Å². The number of aromatic nitrogens is 1. The number of anilines is 1. The Hall–Kier alpha value is -1.91. The van der Waals surface area contributed by atoms with Crippen LogP contribution >= 0.6 is 23.8 Å². The first-order chi connectivity index (χ1) is 12.7. The molecule has 4 rings (SSSR count). The number of benzene rings is 2. The fraction of sp³-hybridized carbons (Fsp3) is 0.348. The van der Waals surface area contributed by atoms with E-state index in [0.29, 0.717) is 5.92 Å². The SMILES string of the molecule is Cc1cc(C)c2c(c1)-c1c(sn(-c3ccc(C(C)C)cc3)c1=S)C(C)(C)N2. The van der Waals surface area contributed by atoms with Gasteiger partial charge in [0.25, 0.3) is 0 Å². The monoisotopic (exact) mass is 394 g/mol. The molecule has 1 aliphatic rings. The van der Waals surface area contributed by atoms with Crippen molar-refractivity contribution in [2.24, 2.45) is 0 Å². The Kier molecular flexibility index (Phi) is 4.32. The van der Waals surface area contributed by atoms with Crippen molar-refractivity contribution in [1.82, 2.24) is 3.96 Å².